The molecule has 0 aliphatic rings. The van der Waals surface area contributed by atoms with Crippen molar-refractivity contribution in [2.45, 2.75) is 32.6 Å². The normalized spacial score (nSPS) is 10.2. The summed E-state index contributed by atoms with van der Waals surface area (Å²) < 4.78 is 0. The molecule has 0 saturated carbocycles. The summed E-state index contributed by atoms with van der Waals surface area (Å²) in [4.78, 5) is 1.81. The first-order valence-corrected chi connectivity index (χ1v) is 6.40. The Kier molecular flexibility index (Phi) is 5.84. The fourth-order valence-corrected chi connectivity index (χ4v) is 1.83. The quantitative estimate of drug-likeness (QED) is 0.462. The lowest BCUT2D eigenvalue weighted by Gasteiger charge is -2.22. The monoisotopic (exact) mass is 253 g/mol. The van der Waals surface area contributed by atoms with Gasteiger partial charge >= 0.3 is 0 Å². The molecule has 1 aromatic carbocycles. The second-order valence-corrected chi connectivity index (χ2v) is 4.51. The molecule has 0 aliphatic heterocycles. The zero-order valence-electron chi connectivity index (χ0n) is 10.2. The first-order valence-electron chi connectivity index (χ1n) is 6.02. The highest BCUT2D eigenvalue weighted by Gasteiger charge is 2.08. The molecular formula is C13H20ClN3. The van der Waals surface area contributed by atoms with Crippen LogP contribution in [0, 0.1) is 5.41 Å². The van der Waals surface area contributed by atoms with Crippen molar-refractivity contribution in [1.82, 2.24) is 0 Å². The molecule has 0 heterocycles. The molecule has 0 saturated heterocycles. The van der Waals surface area contributed by atoms with E-state index in [-0.39, 0.29) is 5.96 Å². The van der Waals surface area contributed by atoms with E-state index in [1.165, 1.54) is 19.3 Å². The van der Waals surface area contributed by atoms with Gasteiger partial charge in [0.2, 0.25) is 0 Å². The molecule has 0 aromatic heterocycles. The number of nitrogens with zero attached hydrogens (tertiary/aromatic N) is 1. The van der Waals surface area contributed by atoms with E-state index in [0.29, 0.717) is 5.02 Å². The Morgan fingerprint density at radius 3 is 2.41 bits per heavy atom. The van der Waals surface area contributed by atoms with Crippen molar-refractivity contribution in [2.75, 3.05) is 11.4 Å². The Hall–Kier alpha value is -1.22. The number of halogens is 1. The van der Waals surface area contributed by atoms with Crippen molar-refractivity contribution in [3.05, 3.63) is 29.3 Å². The minimum absolute atomic E-state index is 0.0869. The number of unbranched alkanes of at least 4 members (excludes halogenated alkanes) is 3. The minimum atomic E-state index is 0.0869. The van der Waals surface area contributed by atoms with Crippen molar-refractivity contribution < 1.29 is 0 Å². The largest absolute Gasteiger partial charge is 0.370 e. The maximum absolute atomic E-state index is 7.59. The maximum Gasteiger partial charge on any atom is 0.192 e. The van der Waals surface area contributed by atoms with Gasteiger partial charge in [-0.3, -0.25) is 5.41 Å². The van der Waals surface area contributed by atoms with Crippen molar-refractivity contribution in [1.29, 1.82) is 5.41 Å². The molecule has 1 rings (SSSR count). The van der Waals surface area contributed by atoms with E-state index < -0.39 is 0 Å². The lowest BCUT2D eigenvalue weighted by molar-refractivity contribution is 0.670. The van der Waals surface area contributed by atoms with E-state index >= 15 is 0 Å². The molecule has 0 atom stereocenters. The van der Waals surface area contributed by atoms with E-state index in [1.807, 2.05) is 29.2 Å². The molecule has 3 nitrogen and oxygen atoms in total. The van der Waals surface area contributed by atoms with Gasteiger partial charge in [0.1, 0.15) is 0 Å². The summed E-state index contributed by atoms with van der Waals surface area (Å²) in [6, 6.07) is 7.42. The molecule has 0 radical (unpaired) electrons. The molecule has 3 N–H and O–H groups in total. The Bertz CT molecular complexity index is 348. The average molecular weight is 254 g/mol. The van der Waals surface area contributed by atoms with E-state index in [9.17, 15) is 0 Å². The summed E-state index contributed by atoms with van der Waals surface area (Å²) in [6.45, 7) is 2.97. The third kappa shape index (κ3) is 4.65. The van der Waals surface area contributed by atoms with Crippen molar-refractivity contribution in [3.8, 4) is 0 Å². The molecule has 94 valence electrons. The number of guanidine groups is 1. The second-order valence-electron chi connectivity index (χ2n) is 4.07. The van der Waals surface area contributed by atoms with Crippen molar-refractivity contribution in [2.24, 2.45) is 5.73 Å². The molecule has 0 amide bonds. The molecule has 0 bridgehead atoms. The summed E-state index contributed by atoms with van der Waals surface area (Å²) >= 11 is 5.84. The number of benzene rings is 1. The fourth-order valence-electron chi connectivity index (χ4n) is 1.71. The molecule has 17 heavy (non-hydrogen) atoms. The minimum Gasteiger partial charge on any atom is -0.370 e. The Labute approximate surface area is 108 Å². The zero-order valence-corrected chi connectivity index (χ0v) is 11.0. The maximum atomic E-state index is 7.59. The zero-order chi connectivity index (χ0) is 12.7. The van der Waals surface area contributed by atoms with Crippen LogP contribution >= 0.6 is 11.6 Å². The summed E-state index contributed by atoms with van der Waals surface area (Å²) in [5.41, 5.74) is 6.53. The first-order chi connectivity index (χ1) is 8.15. The molecular weight excluding hydrogens is 234 g/mol. The molecule has 0 fully saturated rings. The molecule has 0 spiro atoms. The number of hydrogen-bond acceptors (Lipinski definition) is 1. The Balaban J connectivity index is 2.59. The van der Waals surface area contributed by atoms with Gasteiger partial charge in [-0.25, -0.2) is 0 Å². The van der Waals surface area contributed by atoms with Gasteiger partial charge in [-0.2, -0.15) is 0 Å². The summed E-state index contributed by atoms with van der Waals surface area (Å²) in [6.07, 6.45) is 4.66. The smallest absolute Gasteiger partial charge is 0.192 e. The second kappa shape index (κ2) is 7.17. The van der Waals surface area contributed by atoms with E-state index in [1.54, 1.807) is 0 Å². The number of nitrogens with two attached hydrogens (primary N) is 1. The molecule has 0 unspecified atom stereocenters. The van der Waals surface area contributed by atoms with Crippen LogP contribution in [0.3, 0.4) is 0 Å². The van der Waals surface area contributed by atoms with Crippen molar-refractivity contribution >= 4 is 23.2 Å². The van der Waals surface area contributed by atoms with Crippen LogP contribution in [0.5, 0.6) is 0 Å². The Morgan fingerprint density at radius 2 is 1.88 bits per heavy atom. The molecule has 0 aliphatic carbocycles. The number of nitrogens with one attached hydrogen (secondary N) is 1. The average Bonchev–Trinajstić information content (AvgIpc) is 2.30. The predicted octanol–water partition coefficient (Wildman–Crippen LogP) is 3.62. The highest BCUT2D eigenvalue weighted by Crippen LogP contribution is 2.18. The summed E-state index contributed by atoms with van der Waals surface area (Å²) in [5.74, 6) is 0.0869. The summed E-state index contributed by atoms with van der Waals surface area (Å²) in [7, 11) is 0. The van der Waals surface area contributed by atoms with Gasteiger partial charge in [0.15, 0.2) is 5.96 Å². The topological polar surface area (TPSA) is 53.1 Å². The van der Waals surface area contributed by atoms with Crippen LogP contribution < -0.4 is 10.6 Å². The molecule has 1 aromatic rings. The third-order valence-electron chi connectivity index (χ3n) is 2.66. The Morgan fingerprint density at radius 1 is 1.24 bits per heavy atom. The van der Waals surface area contributed by atoms with Crippen LogP contribution in [-0.2, 0) is 0 Å². The number of rotatable bonds is 6. The van der Waals surface area contributed by atoms with Gasteiger partial charge < -0.3 is 10.6 Å². The summed E-state index contributed by atoms with van der Waals surface area (Å²) in [5, 5.41) is 8.29. The van der Waals surface area contributed by atoms with Gasteiger partial charge in [-0.1, -0.05) is 37.8 Å². The lowest BCUT2D eigenvalue weighted by atomic mass is 10.2. The number of anilines is 1. The third-order valence-corrected chi connectivity index (χ3v) is 2.92. The predicted molar refractivity (Wildman–Crippen MR) is 74.9 cm³/mol. The van der Waals surface area contributed by atoms with E-state index in [2.05, 4.69) is 6.92 Å². The SMILES string of the molecule is CCCCCCN(C(=N)N)c1ccc(Cl)cc1. The van der Waals surface area contributed by atoms with Crippen LogP contribution in [0.15, 0.2) is 24.3 Å². The first kappa shape index (κ1) is 13.8. The van der Waals surface area contributed by atoms with Gasteiger partial charge in [0, 0.05) is 17.3 Å². The van der Waals surface area contributed by atoms with Crippen LogP contribution in [0.2, 0.25) is 5.02 Å². The standard InChI is InChI=1S/C13H20ClN3/c1-2-3-4-5-10-17(13(15)16)12-8-6-11(14)7-9-12/h6-9H,2-5,10H2,1H3,(H3,15,16). The van der Waals surface area contributed by atoms with Gasteiger partial charge in [-0.05, 0) is 30.7 Å². The van der Waals surface area contributed by atoms with Crippen molar-refractivity contribution in [3.63, 3.8) is 0 Å². The van der Waals surface area contributed by atoms with Gasteiger partial charge in [0.05, 0.1) is 0 Å². The highest BCUT2D eigenvalue weighted by atomic mass is 35.5. The van der Waals surface area contributed by atoms with Gasteiger partial charge in [0.25, 0.3) is 0 Å². The van der Waals surface area contributed by atoms with Crippen LogP contribution in [0.1, 0.15) is 32.6 Å². The molecule has 4 heteroatoms. The fraction of sp³-hybridized carbons (Fsp3) is 0.462. The van der Waals surface area contributed by atoms with E-state index in [4.69, 9.17) is 22.7 Å². The van der Waals surface area contributed by atoms with Crippen LogP contribution in [0.25, 0.3) is 0 Å². The van der Waals surface area contributed by atoms with E-state index in [0.717, 1.165) is 18.7 Å². The van der Waals surface area contributed by atoms with Gasteiger partial charge in [-0.15, -0.1) is 0 Å². The highest BCUT2D eigenvalue weighted by molar-refractivity contribution is 6.30. The van der Waals surface area contributed by atoms with Crippen LogP contribution in [-0.4, -0.2) is 12.5 Å². The number of hydrogen-bond donors (Lipinski definition) is 2. The lowest BCUT2D eigenvalue weighted by Crippen LogP contribution is -2.37. The van der Waals surface area contributed by atoms with Crippen LogP contribution in [0.4, 0.5) is 5.69 Å².